The zero-order chi connectivity index (χ0) is 15.9. The summed E-state index contributed by atoms with van der Waals surface area (Å²) in [6.07, 6.45) is 1.01. The summed E-state index contributed by atoms with van der Waals surface area (Å²) < 4.78 is 5.13. The summed E-state index contributed by atoms with van der Waals surface area (Å²) in [5, 5.41) is 4.25. The molecule has 0 bridgehead atoms. The second kappa shape index (κ2) is 8.06. The van der Waals surface area contributed by atoms with Crippen LogP contribution in [0, 0.1) is 0 Å². The van der Waals surface area contributed by atoms with Crippen LogP contribution in [-0.4, -0.2) is 12.6 Å². The second-order valence-electron chi connectivity index (χ2n) is 4.78. The molecular weight excluding hydrogens is 321 g/mol. The van der Waals surface area contributed by atoms with Crippen molar-refractivity contribution in [1.82, 2.24) is 0 Å². The zero-order valence-corrected chi connectivity index (χ0v) is 13.7. The average molecular weight is 338 g/mol. The van der Waals surface area contributed by atoms with E-state index in [1.54, 1.807) is 18.2 Å². The van der Waals surface area contributed by atoms with Gasteiger partial charge in [-0.25, -0.2) is 0 Å². The Balaban J connectivity index is 2.20. The zero-order valence-electron chi connectivity index (χ0n) is 12.2. The number of anilines is 2. The van der Waals surface area contributed by atoms with E-state index in [1.165, 1.54) is 0 Å². The van der Waals surface area contributed by atoms with Gasteiger partial charge in [0.15, 0.2) is 0 Å². The topological polar surface area (TPSA) is 38.3 Å². The lowest BCUT2D eigenvalue weighted by atomic mass is 10.1. The molecule has 0 radical (unpaired) electrons. The molecule has 2 aromatic carbocycles. The molecule has 0 fully saturated rings. The number of rotatable bonds is 6. The monoisotopic (exact) mass is 337 g/mol. The Kier molecular flexibility index (Phi) is 6.10. The lowest BCUT2D eigenvalue weighted by Crippen LogP contribution is -2.10. The van der Waals surface area contributed by atoms with Gasteiger partial charge in [-0.1, -0.05) is 54.4 Å². The minimum Gasteiger partial charge on any atom is -0.465 e. The molecule has 3 nitrogen and oxygen atoms in total. The van der Waals surface area contributed by atoms with Crippen LogP contribution < -0.4 is 5.32 Å². The largest absolute Gasteiger partial charge is 0.465 e. The summed E-state index contributed by atoms with van der Waals surface area (Å²) in [6.45, 7) is 2.40. The van der Waals surface area contributed by atoms with Crippen molar-refractivity contribution >= 4 is 40.5 Å². The molecule has 1 N–H and O–H groups in total. The van der Waals surface area contributed by atoms with Crippen LogP contribution in [0.15, 0.2) is 42.5 Å². The molecule has 116 valence electrons. The summed E-state index contributed by atoms with van der Waals surface area (Å²) in [7, 11) is 0. The Morgan fingerprint density at radius 3 is 2.45 bits per heavy atom. The van der Waals surface area contributed by atoms with Gasteiger partial charge in [0, 0.05) is 5.69 Å². The summed E-state index contributed by atoms with van der Waals surface area (Å²) in [4.78, 5) is 11.8. The SMILES string of the molecule is CCCOC(=O)Cc1ccccc1Nc1c(Cl)cccc1Cl. The molecule has 0 spiro atoms. The number of para-hydroxylation sites is 2. The van der Waals surface area contributed by atoms with Gasteiger partial charge in [-0.3, -0.25) is 4.79 Å². The summed E-state index contributed by atoms with van der Waals surface area (Å²) >= 11 is 12.3. The lowest BCUT2D eigenvalue weighted by molar-refractivity contribution is -0.142. The van der Waals surface area contributed by atoms with Crippen LogP contribution in [0.2, 0.25) is 10.0 Å². The van der Waals surface area contributed by atoms with Crippen LogP contribution in [0.1, 0.15) is 18.9 Å². The first-order chi connectivity index (χ1) is 10.6. The maximum absolute atomic E-state index is 11.8. The number of carbonyl (C=O) groups excluding carboxylic acids is 1. The molecule has 0 atom stereocenters. The van der Waals surface area contributed by atoms with Crippen LogP contribution in [0.4, 0.5) is 11.4 Å². The van der Waals surface area contributed by atoms with Crippen LogP contribution in [-0.2, 0) is 16.0 Å². The summed E-state index contributed by atoms with van der Waals surface area (Å²) in [5.74, 6) is -0.249. The Labute approximate surface area is 140 Å². The fraction of sp³-hybridized carbons (Fsp3) is 0.235. The quantitative estimate of drug-likeness (QED) is 0.733. The summed E-state index contributed by atoms with van der Waals surface area (Å²) in [5.41, 5.74) is 2.24. The normalized spacial score (nSPS) is 10.3. The molecule has 2 rings (SSSR count). The van der Waals surface area contributed by atoms with Crippen molar-refractivity contribution in [3.8, 4) is 0 Å². The molecule has 0 aliphatic carbocycles. The van der Waals surface area contributed by atoms with Crippen molar-refractivity contribution in [1.29, 1.82) is 0 Å². The van der Waals surface area contributed by atoms with E-state index in [2.05, 4.69) is 5.32 Å². The highest BCUT2D eigenvalue weighted by atomic mass is 35.5. The minimum absolute atomic E-state index is 0.200. The van der Waals surface area contributed by atoms with E-state index < -0.39 is 0 Å². The predicted octanol–water partition coefficient (Wildman–Crippen LogP) is 5.23. The number of esters is 1. The van der Waals surface area contributed by atoms with E-state index in [4.69, 9.17) is 27.9 Å². The molecule has 0 saturated carbocycles. The molecule has 0 amide bonds. The number of hydrogen-bond acceptors (Lipinski definition) is 3. The van der Waals surface area contributed by atoms with E-state index in [1.807, 2.05) is 31.2 Å². The number of nitrogens with one attached hydrogen (secondary N) is 1. The van der Waals surface area contributed by atoms with Crippen molar-refractivity contribution < 1.29 is 9.53 Å². The minimum atomic E-state index is -0.249. The maximum atomic E-state index is 11.8. The van der Waals surface area contributed by atoms with Gasteiger partial charge in [-0.2, -0.15) is 0 Å². The second-order valence-corrected chi connectivity index (χ2v) is 5.59. The van der Waals surface area contributed by atoms with E-state index in [9.17, 15) is 4.79 Å². The Morgan fingerprint density at radius 2 is 1.77 bits per heavy atom. The van der Waals surface area contributed by atoms with Gasteiger partial charge in [0.2, 0.25) is 0 Å². The predicted molar refractivity (Wildman–Crippen MR) is 91.1 cm³/mol. The first kappa shape index (κ1) is 16.7. The fourth-order valence-corrected chi connectivity index (χ4v) is 2.46. The first-order valence-corrected chi connectivity index (χ1v) is 7.82. The highest BCUT2D eigenvalue weighted by molar-refractivity contribution is 6.39. The van der Waals surface area contributed by atoms with Gasteiger partial charge >= 0.3 is 5.97 Å². The molecule has 0 aliphatic rings. The van der Waals surface area contributed by atoms with Crippen LogP contribution in [0.3, 0.4) is 0 Å². The number of benzene rings is 2. The van der Waals surface area contributed by atoms with Crippen LogP contribution in [0.25, 0.3) is 0 Å². The number of carbonyl (C=O) groups is 1. The van der Waals surface area contributed by atoms with Crippen molar-refractivity contribution in [2.75, 3.05) is 11.9 Å². The van der Waals surface area contributed by atoms with Crippen molar-refractivity contribution in [3.05, 3.63) is 58.1 Å². The van der Waals surface area contributed by atoms with Gasteiger partial charge in [0.05, 0.1) is 28.8 Å². The molecule has 2 aromatic rings. The molecule has 0 unspecified atom stereocenters. The highest BCUT2D eigenvalue weighted by Gasteiger charge is 2.11. The third kappa shape index (κ3) is 4.39. The molecule has 0 aliphatic heterocycles. The summed E-state index contributed by atoms with van der Waals surface area (Å²) in [6, 6.07) is 12.8. The number of ether oxygens (including phenoxy) is 1. The molecule has 0 aromatic heterocycles. The lowest BCUT2D eigenvalue weighted by Gasteiger charge is -2.14. The third-order valence-electron chi connectivity index (χ3n) is 3.04. The van der Waals surface area contributed by atoms with Gasteiger partial charge in [-0.15, -0.1) is 0 Å². The van der Waals surface area contributed by atoms with Crippen molar-refractivity contribution in [2.24, 2.45) is 0 Å². The van der Waals surface area contributed by atoms with Gasteiger partial charge < -0.3 is 10.1 Å². The number of halogens is 2. The van der Waals surface area contributed by atoms with E-state index in [0.717, 1.165) is 17.7 Å². The van der Waals surface area contributed by atoms with Crippen LogP contribution >= 0.6 is 23.2 Å². The van der Waals surface area contributed by atoms with E-state index >= 15 is 0 Å². The molecule has 22 heavy (non-hydrogen) atoms. The van der Waals surface area contributed by atoms with Crippen molar-refractivity contribution in [2.45, 2.75) is 19.8 Å². The highest BCUT2D eigenvalue weighted by Crippen LogP contribution is 2.33. The van der Waals surface area contributed by atoms with Gasteiger partial charge in [0.1, 0.15) is 0 Å². The Bertz CT molecular complexity index is 639. The van der Waals surface area contributed by atoms with Gasteiger partial charge in [0.25, 0.3) is 0 Å². The fourth-order valence-electron chi connectivity index (χ4n) is 1.97. The molecule has 0 saturated heterocycles. The molecule has 5 heteroatoms. The Morgan fingerprint density at radius 1 is 1.09 bits per heavy atom. The van der Waals surface area contributed by atoms with Crippen LogP contribution in [0.5, 0.6) is 0 Å². The molecular formula is C17H17Cl2NO2. The van der Waals surface area contributed by atoms with Crippen molar-refractivity contribution in [3.63, 3.8) is 0 Å². The Hall–Kier alpha value is -1.71. The third-order valence-corrected chi connectivity index (χ3v) is 3.67. The maximum Gasteiger partial charge on any atom is 0.310 e. The smallest absolute Gasteiger partial charge is 0.310 e. The van der Waals surface area contributed by atoms with Gasteiger partial charge in [-0.05, 0) is 30.2 Å². The van der Waals surface area contributed by atoms with E-state index in [0.29, 0.717) is 22.3 Å². The standard InChI is InChI=1S/C17H17Cl2NO2/c1-2-10-22-16(21)11-12-6-3-4-9-15(12)20-17-13(18)7-5-8-14(17)19/h3-9,20H,2,10-11H2,1H3. The van der Waals surface area contributed by atoms with E-state index in [-0.39, 0.29) is 12.4 Å². The number of hydrogen-bond donors (Lipinski definition) is 1. The molecule has 0 heterocycles. The average Bonchev–Trinajstić information content (AvgIpc) is 2.50. The first-order valence-electron chi connectivity index (χ1n) is 7.06.